The van der Waals surface area contributed by atoms with Crippen molar-refractivity contribution in [2.45, 2.75) is 53.1 Å². The molecule has 0 radical (unpaired) electrons. The van der Waals surface area contributed by atoms with E-state index in [9.17, 15) is 9.59 Å². The lowest BCUT2D eigenvalue weighted by atomic mass is 10.0. The first-order chi connectivity index (χ1) is 14.7. The minimum atomic E-state index is -0.617. The summed E-state index contributed by atoms with van der Waals surface area (Å²) in [7, 11) is 0. The molecule has 2 rings (SSSR count). The van der Waals surface area contributed by atoms with Crippen molar-refractivity contribution in [1.82, 2.24) is 10.2 Å². The normalized spacial score (nSPS) is 12.0. The first kappa shape index (κ1) is 24.9. The van der Waals surface area contributed by atoms with Crippen molar-refractivity contribution in [3.8, 4) is 5.75 Å². The summed E-state index contributed by atoms with van der Waals surface area (Å²) in [6, 6.07) is 14.9. The molecular formula is C25H33BrN2O3. The van der Waals surface area contributed by atoms with E-state index in [1.165, 1.54) is 0 Å². The van der Waals surface area contributed by atoms with Crippen molar-refractivity contribution in [3.05, 3.63) is 64.1 Å². The molecule has 0 fully saturated rings. The Morgan fingerprint density at radius 3 is 2.39 bits per heavy atom. The van der Waals surface area contributed by atoms with E-state index >= 15 is 0 Å². The number of carbonyl (C=O) groups excluding carboxylic acids is 2. The van der Waals surface area contributed by atoms with E-state index in [1.54, 1.807) is 11.8 Å². The number of benzene rings is 2. The van der Waals surface area contributed by atoms with E-state index in [2.05, 4.69) is 35.1 Å². The minimum Gasteiger partial charge on any atom is -0.483 e. The summed E-state index contributed by atoms with van der Waals surface area (Å²) in [4.78, 5) is 27.5. The second kappa shape index (κ2) is 11.9. The molecule has 0 saturated carbocycles. The van der Waals surface area contributed by atoms with Gasteiger partial charge in [0.1, 0.15) is 11.8 Å². The summed E-state index contributed by atoms with van der Waals surface area (Å²) in [5, 5.41) is 2.93. The Kier molecular flexibility index (Phi) is 9.56. The van der Waals surface area contributed by atoms with Crippen LogP contribution in [0, 0.1) is 5.92 Å². The molecule has 0 bridgehead atoms. The van der Waals surface area contributed by atoms with Crippen molar-refractivity contribution in [1.29, 1.82) is 0 Å². The molecule has 0 spiro atoms. The monoisotopic (exact) mass is 488 g/mol. The number of hydrogen-bond acceptors (Lipinski definition) is 3. The van der Waals surface area contributed by atoms with Crippen LogP contribution in [-0.4, -0.2) is 35.9 Å². The van der Waals surface area contributed by atoms with Gasteiger partial charge >= 0.3 is 0 Å². The maximum atomic E-state index is 13.2. The Balaban J connectivity index is 2.18. The van der Waals surface area contributed by atoms with Gasteiger partial charge in [-0.1, -0.05) is 74.0 Å². The zero-order valence-electron chi connectivity index (χ0n) is 19.0. The van der Waals surface area contributed by atoms with Crippen LogP contribution in [0.4, 0.5) is 0 Å². The van der Waals surface area contributed by atoms with Gasteiger partial charge in [-0.15, -0.1) is 0 Å². The van der Waals surface area contributed by atoms with Crippen LogP contribution < -0.4 is 10.1 Å². The van der Waals surface area contributed by atoms with E-state index in [4.69, 9.17) is 4.74 Å². The quantitative estimate of drug-likeness (QED) is 0.503. The highest BCUT2D eigenvalue weighted by molar-refractivity contribution is 9.10. The predicted octanol–water partition coefficient (Wildman–Crippen LogP) is 5.14. The first-order valence-corrected chi connectivity index (χ1v) is 11.5. The third-order valence-corrected chi connectivity index (χ3v) is 5.48. The van der Waals surface area contributed by atoms with Gasteiger partial charge in [0.25, 0.3) is 5.91 Å². The molecule has 31 heavy (non-hydrogen) atoms. The Hall–Kier alpha value is -2.34. The summed E-state index contributed by atoms with van der Waals surface area (Å²) in [6.07, 6.45) is 0. The molecule has 0 aliphatic rings. The van der Waals surface area contributed by atoms with Gasteiger partial charge in [0.15, 0.2) is 6.61 Å². The van der Waals surface area contributed by atoms with Gasteiger partial charge in [0.05, 0.1) is 0 Å². The van der Waals surface area contributed by atoms with Crippen LogP contribution in [0.5, 0.6) is 5.75 Å². The molecule has 2 aromatic rings. The number of nitrogens with zero attached hydrogens (tertiary/aromatic N) is 1. The zero-order valence-corrected chi connectivity index (χ0v) is 20.6. The molecule has 168 valence electrons. The number of amides is 2. The van der Waals surface area contributed by atoms with Gasteiger partial charge < -0.3 is 15.0 Å². The second-order valence-corrected chi connectivity index (χ2v) is 9.36. The Morgan fingerprint density at radius 2 is 1.74 bits per heavy atom. The van der Waals surface area contributed by atoms with Crippen molar-refractivity contribution in [2.24, 2.45) is 5.92 Å². The fraction of sp³-hybridized carbons (Fsp3) is 0.440. The molecular weight excluding hydrogens is 456 g/mol. The van der Waals surface area contributed by atoms with Crippen LogP contribution in [0.25, 0.3) is 0 Å². The van der Waals surface area contributed by atoms with Crippen molar-refractivity contribution in [3.63, 3.8) is 0 Å². The topological polar surface area (TPSA) is 58.6 Å². The Bertz CT molecular complexity index is 883. The van der Waals surface area contributed by atoms with E-state index in [-0.39, 0.29) is 24.3 Å². The fourth-order valence-electron chi connectivity index (χ4n) is 3.18. The number of ether oxygens (including phenoxy) is 1. The highest BCUT2D eigenvalue weighted by atomic mass is 79.9. The number of rotatable bonds is 10. The predicted molar refractivity (Wildman–Crippen MR) is 128 cm³/mol. The summed E-state index contributed by atoms with van der Waals surface area (Å²) < 4.78 is 6.83. The minimum absolute atomic E-state index is 0.125. The SMILES string of the molecule is CC(C)CNC(=O)[C@@H](C)N(Cc1cccc(Br)c1)C(=O)COc1ccccc1C(C)C. The molecule has 0 saturated heterocycles. The molecule has 2 aromatic carbocycles. The molecule has 0 heterocycles. The number of halogens is 1. The second-order valence-electron chi connectivity index (χ2n) is 8.45. The molecule has 5 nitrogen and oxygen atoms in total. The summed E-state index contributed by atoms with van der Waals surface area (Å²) >= 11 is 3.47. The third-order valence-electron chi connectivity index (χ3n) is 4.99. The van der Waals surface area contributed by atoms with Gasteiger partial charge in [0.2, 0.25) is 5.91 Å². The van der Waals surface area contributed by atoms with Crippen molar-refractivity contribution >= 4 is 27.7 Å². The standard InChI is InChI=1S/C25H33BrN2O3/c1-17(2)14-27-25(30)19(5)28(15-20-9-8-10-21(26)13-20)24(29)16-31-23-12-7-6-11-22(23)18(3)4/h6-13,17-19H,14-16H2,1-5H3,(H,27,30)/t19-/m1/s1. The van der Waals surface area contributed by atoms with E-state index in [1.807, 2.05) is 62.4 Å². The van der Waals surface area contributed by atoms with Crippen LogP contribution in [0.15, 0.2) is 53.0 Å². The highest BCUT2D eigenvalue weighted by Crippen LogP contribution is 2.26. The molecule has 2 amide bonds. The summed E-state index contributed by atoms with van der Waals surface area (Å²) in [5.41, 5.74) is 1.99. The molecule has 6 heteroatoms. The summed E-state index contributed by atoms with van der Waals surface area (Å²) in [6.45, 7) is 10.8. The highest BCUT2D eigenvalue weighted by Gasteiger charge is 2.27. The fourth-order valence-corrected chi connectivity index (χ4v) is 3.63. The van der Waals surface area contributed by atoms with Crippen LogP contribution in [0.1, 0.15) is 51.7 Å². The van der Waals surface area contributed by atoms with Gasteiger partial charge in [-0.25, -0.2) is 0 Å². The lowest BCUT2D eigenvalue weighted by Crippen LogP contribution is -2.49. The molecule has 1 atom stereocenters. The number of hydrogen-bond donors (Lipinski definition) is 1. The van der Waals surface area contributed by atoms with Crippen LogP contribution in [0.3, 0.4) is 0 Å². The molecule has 0 aliphatic heterocycles. The van der Waals surface area contributed by atoms with E-state index in [0.717, 1.165) is 15.6 Å². The first-order valence-electron chi connectivity index (χ1n) is 10.7. The molecule has 0 aliphatic carbocycles. The Labute approximate surface area is 194 Å². The van der Waals surface area contributed by atoms with Gasteiger partial charge in [-0.3, -0.25) is 9.59 Å². The third kappa shape index (κ3) is 7.69. The average molecular weight is 489 g/mol. The van der Waals surface area contributed by atoms with Gasteiger partial charge in [0, 0.05) is 17.6 Å². The maximum Gasteiger partial charge on any atom is 0.261 e. The van der Waals surface area contributed by atoms with Gasteiger partial charge in [-0.05, 0) is 48.1 Å². The Morgan fingerprint density at radius 1 is 1.03 bits per heavy atom. The lowest BCUT2D eigenvalue weighted by Gasteiger charge is -2.29. The lowest BCUT2D eigenvalue weighted by molar-refractivity contribution is -0.142. The zero-order chi connectivity index (χ0) is 23.0. The van der Waals surface area contributed by atoms with Gasteiger partial charge in [-0.2, -0.15) is 0 Å². The number of para-hydroxylation sites is 1. The van der Waals surface area contributed by atoms with Crippen molar-refractivity contribution in [2.75, 3.05) is 13.2 Å². The number of nitrogens with one attached hydrogen (secondary N) is 1. The van der Waals surface area contributed by atoms with Crippen LogP contribution in [0.2, 0.25) is 0 Å². The molecule has 1 N–H and O–H groups in total. The number of carbonyl (C=O) groups is 2. The van der Waals surface area contributed by atoms with Crippen LogP contribution >= 0.6 is 15.9 Å². The molecule has 0 aromatic heterocycles. The van der Waals surface area contributed by atoms with Crippen LogP contribution in [-0.2, 0) is 16.1 Å². The van der Waals surface area contributed by atoms with E-state index < -0.39 is 6.04 Å². The largest absolute Gasteiger partial charge is 0.483 e. The smallest absolute Gasteiger partial charge is 0.261 e. The van der Waals surface area contributed by atoms with Crippen molar-refractivity contribution < 1.29 is 14.3 Å². The molecule has 0 unspecified atom stereocenters. The average Bonchev–Trinajstić information content (AvgIpc) is 2.73. The summed E-state index contributed by atoms with van der Waals surface area (Å²) in [5.74, 6) is 0.918. The van der Waals surface area contributed by atoms with E-state index in [0.29, 0.717) is 24.8 Å². The maximum absolute atomic E-state index is 13.2.